The van der Waals surface area contributed by atoms with Crippen LogP contribution < -0.4 is 10.5 Å². The summed E-state index contributed by atoms with van der Waals surface area (Å²) in [5, 5.41) is 0. The van der Waals surface area contributed by atoms with E-state index in [1.807, 2.05) is 51.1 Å². The molecule has 0 N–H and O–H groups in total. The van der Waals surface area contributed by atoms with Crippen molar-refractivity contribution in [3.05, 3.63) is 63.1 Å². The molecule has 0 fully saturated rings. The van der Waals surface area contributed by atoms with E-state index in [9.17, 15) is 9.59 Å². The van der Waals surface area contributed by atoms with Crippen LogP contribution in [0.15, 0.2) is 35.1 Å². The van der Waals surface area contributed by atoms with E-state index in [1.54, 1.807) is 11.9 Å². The molecule has 1 aromatic heterocycles. The maximum Gasteiger partial charge on any atom is 0.264 e. The topological polar surface area (TPSA) is 42.3 Å². The Morgan fingerprint density at radius 1 is 1.23 bits per heavy atom. The van der Waals surface area contributed by atoms with Crippen molar-refractivity contribution in [1.82, 2.24) is 4.57 Å². The highest BCUT2D eigenvalue weighted by Gasteiger charge is 2.33. The minimum Gasteiger partial charge on any atom is -0.315 e. The lowest BCUT2D eigenvalue weighted by atomic mass is 10.1. The number of pyridine rings is 1. The number of amides is 1. The van der Waals surface area contributed by atoms with Gasteiger partial charge >= 0.3 is 0 Å². The fraction of sp³-hybridized carbons (Fsp3) is 0.333. The van der Waals surface area contributed by atoms with E-state index >= 15 is 0 Å². The van der Waals surface area contributed by atoms with Gasteiger partial charge in [-0.2, -0.15) is 0 Å². The number of para-hydroxylation sites is 1. The number of benzene rings is 1. The van der Waals surface area contributed by atoms with Crippen molar-refractivity contribution in [2.45, 2.75) is 33.2 Å². The summed E-state index contributed by atoms with van der Waals surface area (Å²) in [6, 6.07) is 9.85. The van der Waals surface area contributed by atoms with E-state index in [4.69, 9.17) is 0 Å². The summed E-state index contributed by atoms with van der Waals surface area (Å²) in [6.07, 6.45) is 0.827. The Morgan fingerprint density at radius 2 is 1.91 bits per heavy atom. The van der Waals surface area contributed by atoms with Crippen molar-refractivity contribution in [2.75, 3.05) is 4.90 Å². The Labute approximate surface area is 130 Å². The number of hydrogen-bond acceptors (Lipinski definition) is 2. The first kappa shape index (κ1) is 14.6. The maximum absolute atomic E-state index is 13.0. The van der Waals surface area contributed by atoms with Gasteiger partial charge in [0, 0.05) is 24.5 Å². The summed E-state index contributed by atoms with van der Waals surface area (Å²) < 4.78 is 1.53. The van der Waals surface area contributed by atoms with E-state index in [0.717, 1.165) is 28.9 Å². The fourth-order valence-electron chi connectivity index (χ4n) is 3.23. The normalized spacial score (nSPS) is 16.7. The molecule has 2 aromatic rings. The highest BCUT2D eigenvalue weighted by Crippen LogP contribution is 2.33. The molecule has 2 heterocycles. The zero-order valence-electron chi connectivity index (χ0n) is 13.4. The highest BCUT2D eigenvalue weighted by molar-refractivity contribution is 6.08. The van der Waals surface area contributed by atoms with Crippen LogP contribution in [0, 0.1) is 13.8 Å². The number of carbonyl (C=O) groups is 1. The Morgan fingerprint density at radius 3 is 2.64 bits per heavy atom. The van der Waals surface area contributed by atoms with Crippen molar-refractivity contribution in [3.8, 4) is 0 Å². The van der Waals surface area contributed by atoms with E-state index in [1.165, 1.54) is 4.57 Å². The lowest BCUT2D eigenvalue weighted by Gasteiger charge is -2.23. The van der Waals surface area contributed by atoms with Gasteiger partial charge in [0.05, 0.1) is 0 Å². The molecule has 0 spiro atoms. The third-order valence-corrected chi connectivity index (χ3v) is 4.51. The average Bonchev–Trinajstić information content (AvgIpc) is 2.80. The van der Waals surface area contributed by atoms with E-state index < -0.39 is 0 Å². The van der Waals surface area contributed by atoms with Crippen molar-refractivity contribution in [1.29, 1.82) is 0 Å². The first-order chi connectivity index (χ1) is 10.4. The van der Waals surface area contributed by atoms with Crippen LogP contribution in [0.3, 0.4) is 0 Å². The smallest absolute Gasteiger partial charge is 0.264 e. The van der Waals surface area contributed by atoms with Crippen molar-refractivity contribution >= 4 is 11.6 Å². The molecule has 1 aliphatic heterocycles. The predicted molar refractivity (Wildman–Crippen MR) is 87.6 cm³/mol. The minimum absolute atomic E-state index is 0.0651. The molecular formula is C18H20N2O2. The Balaban J connectivity index is 2.14. The quantitative estimate of drug-likeness (QED) is 0.812. The first-order valence-electron chi connectivity index (χ1n) is 7.50. The zero-order chi connectivity index (χ0) is 16.0. The van der Waals surface area contributed by atoms with E-state index in [2.05, 4.69) is 0 Å². The standard InChI is InChI=1S/C18H20N2O2/c1-11-9-12(2)19(4)17(21)16(11)18(22)20-13(3)10-14-7-5-6-8-15(14)20/h5-9,13H,10H2,1-4H3. The number of nitrogens with zero attached hydrogens (tertiary/aromatic N) is 2. The summed E-state index contributed by atoms with van der Waals surface area (Å²) in [5.74, 6) is -0.199. The Hall–Kier alpha value is -2.36. The molecular weight excluding hydrogens is 276 g/mol. The summed E-state index contributed by atoms with van der Waals surface area (Å²) in [6.45, 7) is 5.72. The van der Waals surface area contributed by atoms with Gasteiger partial charge in [-0.05, 0) is 50.5 Å². The predicted octanol–water partition coefficient (Wildman–Crippen LogP) is 2.59. The van der Waals surface area contributed by atoms with Crippen LogP contribution in [-0.2, 0) is 13.5 Å². The van der Waals surface area contributed by atoms with Gasteiger partial charge in [-0.1, -0.05) is 18.2 Å². The van der Waals surface area contributed by atoms with Gasteiger partial charge in [0.25, 0.3) is 11.5 Å². The minimum atomic E-state index is -0.223. The highest BCUT2D eigenvalue weighted by atomic mass is 16.2. The van der Waals surface area contributed by atoms with Crippen molar-refractivity contribution in [2.24, 2.45) is 7.05 Å². The molecule has 3 rings (SSSR count). The lowest BCUT2D eigenvalue weighted by Crippen LogP contribution is -2.40. The monoisotopic (exact) mass is 296 g/mol. The third-order valence-electron chi connectivity index (χ3n) is 4.51. The van der Waals surface area contributed by atoms with Gasteiger partial charge in [-0.3, -0.25) is 9.59 Å². The SMILES string of the molecule is Cc1cc(C)n(C)c(=O)c1C(=O)N1c2ccccc2CC1C. The number of aromatic nitrogens is 1. The van der Waals surface area contributed by atoms with Crippen molar-refractivity contribution < 1.29 is 4.79 Å². The molecule has 0 bridgehead atoms. The molecule has 4 heteroatoms. The van der Waals surface area contributed by atoms with Crippen molar-refractivity contribution in [3.63, 3.8) is 0 Å². The molecule has 4 nitrogen and oxygen atoms in total. The second-order valence-corrected chi connectivity index (χ2v) is 6.06. The summed E-state index contributed by atoms with van der Waals surface area (Å²) >= 11 is 0. The number of aryl methyl sites for hydroxylation is 2. The van der Waals surface area contributed by atoms with Crippen LogP contribution >= 0.6 is 0 Å². The fourth-order valence-corrected chi connectivity index (χ4v) is 3.23. The number of fused-ring (bicyclic) bond motifs is 1. The molecule has 0 radical (unpaired) electrons. The van der Waals surface area contributed by atoms with E-state index in [-0.39, 0.29) is 23.1 Å². The van der Waals surface area contributed by atoms with Gasteiger partial charge in [-0.25, -0.2) is 0 Å². The lowest BCUT2D eigenvalue weighted by molar-refractivity contribution is 0.0979. The summed E-state index contributed by atoms with van der Waals surface area (Å²) in [5.41, 5.74) is 3.72. The number of anilines is 1. The van der Waals surface area contributed by atoms with Gasteiger partial charge < -0.3 is 9.47 Å². The first-order valence-corrected chi connectivity index (χ1v) is 7.50. The van der Waals surface area contributed by atoms with Crippen LogP contribution in [0.25, 0.3) is 0 Å². The molecule has 1 aromatic carbocycles. The molecule has 1 atom stereocenters. The van der Waals surface area contributed by atoms with Crippen LogP contribution in [0.4, 0.5) is 5.69 Å². The largest absolute Gasteiger partial charge is 0.315 e. The van der Waals surface area contributed by atoms with Gasteiger partial charge in [0.1, 0.15) is 5.56 Å². The average molecular weight is 296 g/mol. The Bertz CT molecular complexity index is 820. The molecule has 1 amide bonds. The molecule has 114 valence electrons. The van der Waals surface area contributed by atoms with Crippen LogP contribution in [-0.4, -0.2) is 16.5 Å². The molecule has 1 aliphatic rings. The van der Waals surface area contributed by atoms with E-state index in [0.29, 0.717) is 0 Å². The Kier molecular flexibility index (Phi) is 3.39. The van der Waals surface area contributed by atoms with Gasteiger partial charge in [-0.15, -0.1) is 0 Å². The maximum atomic E-state index is 13.0. The number of carbonyl (C=O) groups excluding carboxylic acids is 1. The summed E-state index contributed by atoms with van der Waals surface area (Å²) in [7, 11) is 1.70. The van der Waals surface area contributed by atoms with Crippen LogP contribution in [0.5, 0.6) is 0 Å². The summed E-state index contributed by atoms with van der Waals surface area (Å²) in [4.78, 5) is 27.3. The molecule has 22 heavy (non-hydrogen) atoms. The number of hydrogen-bond donors (Lipinski definition) is 0. The number of rotatable bonds is 1. The zero-order valence-corrected chi connectivity index (χ0v) is 13.4. The van der Waals surface area contributed by atoms with Gasteiger partial charge in [0.15, 0.2) is 0 Å². The van der Waals surface area contributed by atoms with Gasteiger partial charge in [0.2, 0.25) is 0 Å². The molecule has 0 saturated heterocycles. The molecule has 0 saturated carbocycles. The molecule has 0 aliphatic carbocycles. The molecule has 1 unspecified atom stereocenters. The third kappa shape index (κ3) is 2.06. The second kappa shape index (κ2) is 5.13. The second-order valence-electron chi connectivity index (χ2n) is 6.06. The van der Waals surface area contributed by atoms with Crippen LogP contribution in [0.2, 0.25) is 0 Å². The van der Waals surface area contributed by atoms with Crippen LogP contribution in [0.1, 0.15) is 34.1 Å².